The van der Waals surface area contributed by atoms with Crippen LogP contribution in [-0.4, -0.2) is 25.0 Å². The molecule has 2 aromatic carbocycles. The number of anilines is 2. The molecule has 1 aromatic heterocycles. The number of hydrogen-bond acceptors (Lipinski definition) is 4. The molecule has 0 saturated heterocycles. The number of rotatable bonds is 6. The highest BCUT2D eigenvalue weighted by Crippen LogP contribution is 2.27. The lowest BCUT2D eigenvalue weighted by atomic mass is 10.1. The predicted octanol–water partition coefficient (Wildman–Crippen LogP) is 5.60. The van der Waals surface area contributed by atoms with Crippen LogP contribution in [0.4, 0.5) is 11.4 Å². The van der Waals surface area contributed by atoms with Crippen molar-refractivity contribution in [2.24, 2.45) is 0 Å². The smallest absolute Gasteiger partial charge is 0.268 e. The summed E-state index contributed by atoms with van der Waals surface area (Å²) in [5.74, 6) is 0.352. The van der Waals surface area contributed by atoms with E-state index < -0.39 is 0 Å². The SMILES string of the molecule is CN(C(=O)c1cccs1)c1ccccc1C(=O)Nc1cccc(OC2CCCC2)c1. The topological polar surface area (TPSA) is 58.6 Å². The third-order valence-corrected chi connectivity index (χ3v) is 6.10. The van der Waals surface area contributed by atoms with E-state index in [0.717, 1.165) is 18.6 Å². The molecule has 6 heteroatoms. The van der Waals surface area contributed by atoms with Crippen molar-refractivity contribution in [1.82, 2.24) is 0 Å². The van der Waals surface area contributed by atoms with Crippen molar-refractivity contribution in [3.05, 3.63) is 76.5 Å². The Labute approximate surface area is 180 Å². The van der Waals surface area contributed by atoms with Gasteiger partial charge in [-0.25, -0.2) is 0 Å². The molecule has 0 radical (unpaired) electrons. The van der Waals surface area contributed by atoms with E-state index in [9.17, 15) is 9.59 Å². The average molecular weight is 421 g/mol. The number of nitrogens with zero attached hydrogens (tertiary/aromatic N) is 1. The number of ether oxygens (including phenoxy) is 1. The summed E-state index contributed by atoms with van der Waals surface area (Å²) < 4.78 is 6.03. The van der Waals surface area contributed by atoms with Crippen LogP contribution in [0.5, 0.6) is 5.75 Å². The van der Waals surface area contributed by atoms with Gasteiger partial charge in [0, 0.05) is 18.8 Å². The van der Waals surface area contributed by atoms with Crippen LogP contribution in [0, 0.1) is 0 Å². The Kier molecular flexibility index (Phi) is 6.14. The van der Waals surface area contributed by atoms with Crippen LogP contribution >= 0.6 is 11.3 Å². The predicted molar refractivity (Wildman–Crippen MR) is 121 cm³/mol. The highest BCUT2D eigenvalue weighted by Gasteiger charge is 2.21. The summed E-state index contributed by atoms with van der Waals surface area (Å²) in [6, 6.07) is 18.2. The monoisotopic (exact) mass is 420 g/mol. The number of benzene rings is 2. The lowest BCUT2D eigenvalue weighted by Gasteiger charge is -2.20. The summed E-state index contributed by atoms with van der Waals surface area (Å²) in [5.41, 5.74) is 1.66. The number of carbonyl (C=O) groups excluding carboxylic acids is 2. The molecule has 5 nitrogen and oxygen atoms in total. The van der Waals surface area contributed by atoms with Gasteiger partial charge in [-0.2, -0.15) is 0 Å². The molecule has 0 unspecified atom stereocenters. The van der Waals surface area contributed by atoms with E-state index in [1.807, 2.05) is 41.8 Å². The van der Waals surface area contributed by atoms with E-state index in [0.29, 0.717) is 21.8 Å². The van der Waals surface area contributed by atoms with Crippen LogP contribution in [-0.2, 0) is 0 Å². The molecular formula is C24H24N2O3S. The molecule has 0 atom stereocenters. The van der Waals surface area contributed by atoms with E-state index in [4.69, 9.17) is 4.74 Å². The molecule has 30 heavy (non-hydrogen) atoms. The number of hydrogen-bond donors (Lipinski definition) is 1. The van der Waals surface area contributed by atoms with E-state index in [-0.39, 0.29) is 17.9 Å². The number of para-hydroxylation sites is 1. The summed E-state index contributed by atoms with van der Waals surface area (Å²) in [4.78, 5) is 27.9. The molecule has 2 amide bonds. The molecule has 3 aromatic rings. The molecular weight excluding hydrogens is 396 g/mol. The maximum absolute atomic E-state index is 13.0. The highest BCUT2D eigenvalue weighted by atomic mass is 32.1. The van der Waals surface area contributed by atoms with E-state index in [2.05, 4.69) is 5.32 Å². The molecule has 4 rings (SSSR count). The third-order valence-electron chi connectivity index (χ3n) is 5.24. The zero-order chi connectivity index (χ0) is 20.9. The summed E-state index contributed by atoms with van der Waals surface area (Å²) in [7, 11) is 1.68. The van der Waals surface area contributed by atoms with Crippen molar-refractivity contribution in [2.75, 3.05) is 17.3 Å². The Balaban J connectivity index is 1.51. The van der Waals surface area contributed by atoms with Gasteiger partial charge in [0.2, 0.25) is 0 Å². The second-order valence-corrected chi connectivity index (χ2v) is 8.31. The third kappa shape index (κ3) is 4.54. The van der Waals surface area contributed by atoms with Crippen LogP contribution in [0.1, 0.15) is 45.7 Å². The van der Waals surface area contributed by atoms with Crippen molar-refractivity contribution in [2.45, 2.75) is 31.8 Å². The van der Waals surface area contributed by atoms with Gasteiger partial charge in [-0.1, -0.05) is 24.3 Å². The minimum atomic E-state index is -0.269. The molecule has 1 N–H and O–H groups in total. The number of amides is 2. The zero-order valence-corrected chi connectivity index (χ0v) is 17.7. The fourth-order valence-corrected chi connectivity index (χ4v) is 4.38. The number of nitrogens with one attached hydrogen (secondary N) is 1. The Hall–Kier alpha value is -3.12. The summed E-state index contributed by atoms with van der Waals surface area (Å²) in [5, 5.41) is 4.80. The van der Waals surface area contributed by atoms with Gasteiger partial charge in [-0.05, 0) is 61.4 Å². The first-order valence-corrected chi connectivity index (χ1v) is 11.0. The molecule has 1 fully saturated rings. The maximum Gasteiger partial charge on any atom is 0.268 e. The minimum absolute atomic E-state index is 0.141. The average Bonchev–Trinajstić information content (AvgIpc) is 3.47. The lowest BCUT2D eigenvalue weighted by Crippen LogP contribution is -2.28. The van der Waals surface area contributed by atoms with Gasteiger partial charge >= 0.3 is 0 Å². The molecule has 1 aliphatic carbocycles. The summed E-state index contributed by atoms with van der Waals surface area (Å²) in [6.45, 7) is 0. The van der Waals surface area contributed by atoms with E-state index in [1.165, 1.54) is 29.1 Å². The van der Waals surface area contributed by atoms with Crippen molar-refractivity contribution < 1.29 is 14.3 Å². The number of carbonyl (C=O) groups is 2. The van der Waals surface area contributed by atoms with Crippen molar-refractivity contribution in [3.63, 3.8) is 0 Å². The van der Waals surface area contributed by atoms with Crippen LogP contribution in [0.25, 0.3) is 0 Å². The van der Waals surface area contributed by atoms with Gasteiger partial charge in [0.1, 0.15) is 5.75 Å². The molecule has 0 spiro atoms. The Morgan fingerprint density at radius 3 is 2.60 bits per heavy atom. The molecule has 1 aliphatic rings. The van der Waals surface area contributed by atoms with Crippen LogP contribution in [0.15, 0.2) is 66.0 Å². The first-order chi connectivity index (χ1) is 14.6. The van der Waals surface area contributed by atoms with Gasteiger partial charge in [0.25, 0.3) is 11.8 Å². The summed E-state index contributed by atoms with van der Waals surface area (Å²) >= 11 is 1.38. The molecule has 0 bridgehead atoms. The van der Waals surface area contributed by atoms with Gasteiger partial charge in [-0.15, -0.1) is 11.3 Å². The van der Waals surface area contributed by atoms with E-state index in [1.54, 1.807) is 31.3 Å². The quantitative estimate of drug-likeness (QED) is 0.565. The van der Waals surface area contributed by atoms with Crippen LogP contribution in [0.2, 0.25) is 0 Å². The van der Waals surface area contributed by atoms with Crippen molar-refractivity contribution in [1.29, 1.82) is 0 Å². The first-order valence-electron chi connectivity index (χ1n) is 10.1. The Morgan fingerprint density at radius 2 is 1.83 bits per heavy atom. The van der Waals surface area contributed by atoms with Gasteiger partial charge in [-0.3, -0.25) is 9.59 Å². The molecule has 1 saturated carbocycles. The van der Waals surface area contributed by atoms with Crippen molar-refractivity contribution >= 4 is 34.5 Å². The Morgan fingerprint density at radius 1 is 1.03 bits per heavy atom. The van der Waals surface area contributed by atoms with Crippen LogP contribution < -0.4 is 15.0 Å². The fraction of sp³-hybridized carbons (Fsp3) is 0.250. The lowest BCUT2D eigenvalue weighted by molar-refractivity contribution is 0.0996. The molecule has 1 heterocycles. The Bertz CT molecular complexity index is 1030. The van der Waals surface area contributed by atoms with Gasteiger partial charge < -0.3 is 15.0 Å². The maximum atomic E-state index is 13.0. The normalized spacial score (nSPS) is 13.8. The fourth-order valence-electron chi connectivity index (χ4n) is 3.68. The largest absolute Gasteiger partial charge is 0.490 e. The van der Waals surface area contributed by atoms with Gasteiger partial charge in [0.05, 0.1) is 22.2 Å². The first kappa shape index (κ1) is 20.2. The number of thiophene rings is 1. The van der Waals surface area contributed by atoms with Gasteiger partial charge in [0.15, 0.2) is 0 Å². The second-order valence-electron chi connectivity index (χ2n) is 7.36. The molecule has 0 aliphatic heterocycles. The molecule has 154 valence electrons. The summed E-state index contributed by atoms with van der Waals surface area (Å²) in [6.07, 6.45) is 4.82. The van der Waals surface area contributed by atoms with E-state index >= 15 is 0 Å². The zero-order valence-electron chi connectivity index (χ0n) is 16.8. The highest BCUT2D eigenvalue weighted by molar-refractivity contribution is 7.12. The van der Waals surface area contributed by atoms with Crippen molar-refractivity contribution in [3.8, 4) is 5.75 Å². The minimum Gasteiger partial charge on any atom is -0.490 e. The second kappa shape index (κ2) is 9.13. The standard InChI is InChI=1S/C24H24N2O3S/c1-26(24(28)22-14-7-15-30-22)21-13-5-4-12-20(21)23(27)25-17-8-6-11-19(16-17)29-18-9-2-3-10-18/h4-8,11-16,18H,2-3,9-10H2,1H3,(H,25,27). The van der Waals surface area contributed by atoms with Crippen LogP contribution in [0.3, 0.4) is 0 Å².